The average molecular weight is 322 g/mol. The van der Waals surface area contributed by atoms with Gasteiger partial charge < -0.3 is 5.73 Å². The number of aryl methyl sites for hydroxylation is 1. The fourth-order valence-electron chi connectivity index (χ4n) is 1.79. The molecule has 0 bridgehead atoms. The van der Waals surface area contributed by atoms with E-state index in [2.05, 4.69) is 65.3 Å². The molecule has 0 aliphatic heterocycles. The van der Waals surface area contributed by atoms with Crippen molar-refractivity contribution in [3.05, 3.63) is 58.1 Å². The van der Waals surface area contributed by atoms with E-state index in [1.165, 1.54) is 20.9 Å². The van der Waals surface area contributed by atoms with Crippen LogP contribution < -0.4 is 5.73 Å². The summed E-state index contributed by atoms with van der Waals surface area (Å²) in [5, 5.41) is 0. The quantitative estimate of drug-likeness (QED) is 0.902. The second-order valence-electron chi connectivity index (χ2n) is 4.16. The Kier molecular flexibility index (Phi) is 4.87. The molecular weight excluding hydrogens is 306 g/mol. The second-order valence-corrected chi connectivity index (χ2v) is 6.16. The average Bonchev–Trinajstić information content (AvgIpc) is 2.35. The minimum absolute atomic E-state index is 0.678. The first-order valence-corrected chi connectivity index (χ1v) is 7.53. The van der Waals surface area contributed by atoms with Gasteiger partial charge in [-0.05, 0) is 55.3 Å². The van der Waals surface area contributed by atoms with Crippen LogP contribution >= 0.6 is 27.7 Å². The van der Waals surface area contributed by atoms with Crippen LogP contribution in [0, 0.1) is 6.92 Å². The van der Waals surface area contributed by atoms with Crippen LogP contribution in [-0.4, -0.2) is 6.54 Å². The van der Waals surface area contributed by atoms with Crippen molar-refractivity contribution in [1.29, 1.82) is 0 Å². The van der Waals surface area contributed by atoms with Crippen LogP contribution in [0.15, 0.2) is 56.7 Å². The van der Waals surface area contributed by atoms with Crippen LogP contribution in [0.1, 0.15) is 11.1 Å². The van der Waals surface area contributed by atoms with Crippen molar-refractivity contribution >= 4 is 27.7 Å². The molecule has 0 atom stereocenters. The van der Waals surface area contributed by atoms with E-state index in [4.69, 9.17) is 5.73 Å². The van der Waals surface area contributed by atoms with Crippen LogP contribution in [0.4, 0.5) is 0 Å². The van der Waals surface area contributed by atoms with Crippen molar-refractivity contribution in [3.8, 4) is 0 Å². The highest BCUT2D eigenvalue weighted by molar-refractivity contribution is 9.10. The molecule has 0 unspecified atom stereocenters. The van der Waals surface area contributed by atoms with Gasteiger partial charge in [0, 0.05) is 14.3 Å². The highest BCUT2D eigenvalue weighted by atomic mass is 79.9. The summed E-state index contributed by atoms with van der Waals surface area (Å²) < 4.78 is 1.11. The lowest BCUT2D eigenvalue weighted by atomic mass is 10.1. The molecule has 1 nitrogen and oxygen atoms in total. The van der Waals surface area contributed by atoms with Gasteiger partial charge in [0.15, 0.2) is 0 Å². The Morgan fingerprint density at radius 3 is 2.61 bits per heavy atom. The van der Waals surface area contributed by atoms with Gasteiger partial charge in [0.05, 0.1) is 0 Å². The Hall–Kier alpha value is -0.770. The molecule has 2 rings (SSSR count). The van der Waals surface area contributed by atoms with Crippen molar-refractivity contribution in [2.24, 2.45) is 5.73 Å². The predicted octanol–water partition coefficient (Wildman–Crippen LogP) is 4.41. The molecule has 0 heterocycles. The first kappa shape index (κ1) is 13.7. The Labute approximate surface area is 121 Å². The van der Waals surface area contributed by atoms with Gasteiger partial charge in [-0.2, -0.15) is 0 Å². The van der Waals surface area contributed by atoms with Crippen LogP contribution in [-0.2, 0) is 6.42 Å². The number of benzene rings is 2. The fraction of sp³-hybridized carbons (Fsp3) is 0.200. The summed E-state index contributed by atoms with van der Waals surface area (Å²) in [6.07, 6.45) is 0.910. The Morgan fingerprint density at radius 2 is 1.89 bits per heavy atom. The van der Waals surface area contributed by atoms with E-state index in [0.717, 1.165) is 10.9 Å². The molecular formula is C15H16BrNS. The zero-order valence-electron chi connectivity index (χ0n) is 10.3. The maximum absolute atomic E-state index is 5.68. The molecule has 94 valence electrons. The molecule has 0 aliphatic carbocycles. The second kappa shape index (κ2) is 6.41. The number of hydrogen-bond donors (Lipinski definition) is 1. The zero-order valence-corrected chi connectivity index (χ0v) is 12.7. The standard InChI is InChI=1S/C15H16BrNS/c1-11-4-2-3-5-14(11)18-15-7-6-13(16)10-12(15)8-9-17/h2-7,10H,8-9,17H2,1H3. The summed E-state index contributed by atoms with van der Waals surface area (Å²) in [6, 6.07) is 14.9. The Balaban J connectivity index is 2.31. The van der Waals surface area contributed by atoms with Gasteiger partial charge in [0.25, 0.3) is 0 Å². The fourth-order valence-corrected chi connectivity index (χ4v) is 3.24. The van der Waals surface area contributed by atoms with Crippen molar-refractivity contribution in [1.82, 2.24) is 0 Å². The highest BCUT2D eigenvalue weighted by Gasteiger charge is 2.06. The van der Waals surface area contributed by atoms with E-state index < -0.39 is 0 Å². The minimum atomic E-state index is 0.678. The molecule has 2 aromatic carbocycles. The molecule has 2 N–H and O–H groups in total. The summed E-state index contributed by atoms with van der Waals surface area (Å²) in [7, 11) is 0. The smallest absolute Gasteiger partial charge is 0.0178 e. The third kappa shape index (κ3) is 3.37. The molecule has 0 saturated heterocycles. The molecule has 2 aromatic rings. The lowest BCUT2D eigenvalue weighted by Crippen LogP contribution is -2.03. The first-order chi connectivity index (χ1) is 8.70. The van der Waals surface area contributed by atoms with Crippen molar-refractivity contribution in [2.75, 3.05) is 6.54 Å². The number of nitrogens with two attached hydrogens (primary N) is 1. The molecule has 0 aliphatic rings. The number of hydrogen-bond acceptors (Lipinski definition) is 2. The van der Waals surface area contributed by atoms with Gasteiger partial charge in [-0.15, -0.1) is 0 Å². The number of halogens is 1. The van der Waals surface area contributed by atoms with E-state index in [9.17, 15) is 0 Å². The summed E-state index contributed by atoms with van der Waals surface area (Å²) in [6.45, 7) is 2.82. The lowest BCUT2D eigenvalue weighted by Gasteiger charge is -2.10. The largest absolute Gasteiger partial charge is 0.330 e. The third-order valence-electron chi connectivity index (χ3n) is 2.75. The van der Waals surface area contributed by atoms with E-state index in [-0.39, 0.29) is 0 Å². The summed E-state index contributed by atoms with van der Waals surface area (Å²) >= 11 is 5.33. The normalized spacial score (nSPS) is 10.6. The first-order valence-electron chi connectivity index (χ1n) is 5.92. The topological polar surface area (TPSA) is 26.0 Å². The molecule has 0 saturated carbocycles. The minimum Gasteiger partial charge on any atom is -0.330 e. The van der Waals surface area contributed by atoms with E-state index in [0.29, 0.717) is 6.54 Å². The van der Waals surface area contributed by atoms with Crippen LogP contribution in [0.2, 0.25) is 0 Å². The van der Waals surface area contributed by atoms with Crippen LogP contribution in [0.3, 0.4) is 0 Å². The number of rotatable bonds is 4. The van der Waals surface area contributed by atoms with Gasteiger partial charge in [-0.25, -0.2) is 0 Å². The molecule has 3 heteroatoms. The summed E-state index contributed by atoms with van der Waals surface area (Å²) in [5.74, 6) is 0. The molecule has 0 radical (unpaired) electrons. The molecule has 18 heavy (non-hydrogen) atoms. The lowest BCUT2D eigenvalue weighted by molar-refractivity contribution is 0.943. The van der Waals surface area contributed by atoms with Gasteiger partial charge in [0.2, 0.25) is 0 Å². The Morgan fingerprint density at radius 1 is 1.11 bits per heavy atom. The van der Waals surface area contributed by atoms with E-state index >= 15 is 0 Å². The van der Waals surface area contributed by atoms with Crippen LogP contribution in [0.5, 0.6) is 0 Å². The Bertz CT molecular complexity index is 540. The van der Waals surface area contributed by atoms with Gasteiger partial charge in [-0.3, -0.25) is 0 Å². The molecule has 0 spiro atoms. The van der Waals surface area contributed by atoms with Gasteiger partial charge >= 0.3 is 0 Å². The monoisotopic (exact) mass is 321 g/mol. The maximum Gasteiger partial charge on any atom is 0.0178 e. The highest BCUT2D eigenvalue weighted by Crippen LogP contribution is 2.33. The zero-order chi connectivity index (χ0) is 13.0. The third-order valence-corrected chi connectivity index (χ3v) is 4.54. The predicted molar refractivity (Wildman–Crippen MR) is 82.2 cm³/mol. The van der Waals surface area contributed by atoms with Crippen molar-refractivity contribution < 1.29 is 0 Å². The van der Waals surface area contributed by atoms with Crippen molar-refractivity contribution in [2.45, 2.75) is 23.1 Å². The summed E-state index contributed by atoms with van der Waals surface area (Å²) in [4.78, 5) is 2.59. The molecule has 0 aromatic heterocycles. The maximum atomic E-state index is 5.68. The molecule has 0 fully saturated rings. The van der Waals surface area contributed by atoms with Gasteiger partial charge in [-0.1, -0.05) is 45.9 Å². The molecule has 0 amide bonds. The van der Waals surface area contributed by atoms with E-state index in [1.807, 2.05) is 11.8 Å². The van der Waals surface area contributed by atoms with Gasteiger partial charge in [0.1, 0.15) is 0 Å². The summed E-state index contributed by atoms with van der Waals surface area (Å²) in [5.41, 5.74) is 8.29. The van der Waals surface area contributed by atoms with Crippen molar-refractivity contribution in [3.63, 3.8) is 0 Å². The van der Waals surface area contributed by atoms with E-state index in [1.54, 1.807) is 0 Å². The van der Waals surface area contributed by atoms with Crippen LogP contribution in [0.25, 0.3) is 0 Å². The SMILES string of the molecule is Cc1ccccc1Sc1ccc(Br)cc1CCN.